The van der Waals surface area contributed by atoms with Crippen LogP contribution in [0.3, 0.4) is 0 Å². The van der Waals surface area contributed by atoms with Crippen molar-refractivity contribution in [2.75, 3.05) is 24.5 Å². The van der Waals surface area contributed by atoms with Crippen LogP contribution in [0.5, 0.6) is 34.5 Å². The monoisotopic (exact) mass is 1250 g/mol. The number of fused-ring (bicyclic) bond motifs is 12. The molecular weight excluding hydrogens is 1190 g/mol. The van der Waals surface area contributed by atoms with Crippen LogP contribution in [0.4, 0.5) is 85.3 Å². The van der Waals surface area contributed by atoms with Gasteiger partial charge in [0.2, 0.25) is 0 Å². The van der Waals surface area contributed by atoms with E-state index in [9.17, 15) is 0 Å². The Hall–Kier alpha value is -12.0. The normalized spacial score (nSPS) is 13.4. The lowest BCUT2D eigenvalue weighted by Crippen LogP contribution is -2.65. The molecule has 0 radical (unpaired) electrons. The molecule has 0 aliphatic carbocycles. The highest BCUT2D eigenvalue weighted by Crippen LogP contribution is 2.51. The van der Waals surface area contributed by atoms with Crippen LogP contribution in [0.25, 0.3) is 0 Å². The highest BCUT2D eigenvalue weighted by atomic mass is 35.5. The third-order valence-corrected chi connectivity index (χ3v) is 20.1. The number of anilines is 15. The van der Waals surface area contributed by atoms with Gasteiger partial charge >= 0.3 is 0 Å². The first kappa shape index (κ1) is 54.5. The number of para-hydroxylation sites is 9. The van der Waals surface area contributed by atoms with Gasteiger partial charge in [-0.1, -0.05) is 188 Å². The van der Waals surface area contributed by atoms with Gasteiger partial charge in [-0.2, -0.15) is 0 Å². The quantitative estimate of drug-likeness (QED) is 0.133. The molecule has 0 amide bonds. The van der Waals surface area contributed by atoms with Crippen LogP contribution in [-0.4, -0.2) is 20.1 Å². The summed E-state index contributed by atoms with van der Waals surface area (Å²) in [5.74, 6) is 4.74. The Morgan fingerprint density at radius 1 is 0.229 bits per heavy atom. The van der Waals surface area contributed by atoms with Gasteiger partial charge < -0.3 is 38.7 Å². The van der Waals surface area contributed by atoms with Crippen molar-refractivity contribution in [2.24, 2.45) is 0 Å². The molecule has 14 aromatic rings. The third-order valence-electron chi connectivity index (χ3n) is 19.9. The van der Waals surface area contributed by atoms with Crippen LogP contribution in [0.1, 0.15) is 0 Å². The predicted octanol–water partition coefficient (Wildman–Crippen LogP) is 16.5. The Morgan fingerprint density at radius 2 is 0.542 bits per heavy atom. The van der Waals surface area contributed by atoms with Gasteiger partial charge in [0.15, 0.2) is 0 Å². The van der Waals surface area contributed by atoms with Crippen LogP contribution < -0.4 is 87.9 Å². The molecule has 6 aliphatic heterocycles. The van der Waals surface area contributed by atoms with E-state index in [1.54, 1.807) is 0 Å². The van der Waals surface area contributed by atoms with E-state index in [2.05, 4.69) is 340 Å². The van der Waals surface area contributed by atoms with Gasteiger partial charge in [-0.05, 0) is 177 Å². The summed E-state index contributed by atoms with van der Waals surface area (Å²) in [5, 5.41) is 0.575. The van der Waals surface area contributed by atoms with Gasteiger partial charge in [-0.3, -0.25) is 0 Å². The first-order valence-electron chi connectivity index (χ1n) is 32.7. The molecule has 6 heterocycles. The van der Waals surface area contributed by atoms with Gasteiger partial charge in [-0.15, -0.1) is 0 Å². The number of halogens is 1. The van der Waals surface area contributed by atoms with E-state index in [1.807, 2.05) is 6.07 Å². The first-order chi connectivity index (χ1) is 47.5. The highest BCUT2D eigenvalue weighted by molar-refractivity contribution is 7.03. The second-order valence-electron chi connectivity index (χ2n) is 25.2. The fourth-order valence-corrected chi connectivity index (χ4v) is 16.3. The van der Waals surface area contributed by atoms with E-state index in [0.29, 0.717) is 10.8 Å². The van der Waals surface area contributed by atoms with E-state index in [0.717, 1.165) is 158 Å². The van der Waals surface area contributed by atoms with Crippen molar-refractivity contribution in [3.05, 3.63) is 327 Å². The zero-order valence-electron chi connectivity index (χ0n) is 51.7. The molecule has 8 nitrogen and oxygen atoms in total. The molecule has 0 unspecified atom stereocenters. The maximum absolute atomic E-state index is 7.54. The lowest BCUT2D eigenvalue weighted by molar-refractivity contribution is 0.487. The summed E-state index contributed by atoms with van der Waals surface area (Å²) >= 11 is 7.51. The zero-order valence-corrected chi connectivity index (χ0v) is 52.4. The number of ether oxygens (including phenoxy) is 3. The van der Waals surface area contributed by atoms with E-state index in [4.69, 9.17) is 25.8 Å². The van der Waals surface area contributed by atoms with Crippen LogP contribution in [-0.2, 0) is 0 Å². The lowest BCUT2D eigenvalue weighted by Gasteiger charge is -2.45. The smallest absolute Gasteiger partial charge is 0.256 e. The summed E-state index contributed by atoms with van der Waals surface area (Å²) in [6.07, 6.45) is 0. The average Bonchev–Trinajstić information content (AvgIpc) is 0.691. The summed E-state index contributed by atoms with van der Waals surface area (Å²) in [5.41, 5.74) is 25.2. The topological polar surface area (TPSA) is 43.9 Å². The van der Waals surface area contributed by atoms with E-state index < -0.39 is 0 Å². The van der Waals surface area contributed by atoms with Crippen molar-refractivity contribution < 1.29 is 14.2 Å². The number of nitrogens with zero attached hydrogens (tertiary/aromatic N) is 5. The molecule has 0 fully saturated rings. The molecule has 0 N–H and O–H groups in total. The van der Waals surface area contributed by atoms with Crippen LogP contribution in [0.15, 0.2) is 322 Å². The second kappa shape index (κ2) is 21.5. The van der Waals surface area contributed by atoms with Gasteiger partial charge in [-0.25, -0.2) is 0 Å². The average molecular weight is 1250 g/mol. The number of hydrogen-bond acceptors (Lipinski definition) is 8. The van der Waals surface area contributed by atoms with E-state index >= 15 is 0 Å². The maximum Gasteiger partial charge on any atom is 0.256 e. The minimum absolute atomic E-state index is 0.229. The lowest BCUT2D eigenvalue weighted by atomic mass is 9.29. The van der Waals surface area contributed by atoms with Gasteiger partial charge in [0.1, 0.15) is 34.5 Å². The molecule has 0 saturated carbocycles. The van der Waals surface area contributed by atoms with Crippen molar-refractivity contribution in [1.82, 2.24) is 0 Å². The second-order valence-corrected chi connectivity index (χ2v) is 25.7. The summed E-state index contributed by atoms with van der Waals surface area (Å²) in [4.78, 5) is 12.0. The Morgan fingerprint density at radius 3 is 0.948 bits per heavy atom. The molecule has 20 rings (SSSR count). The highest BCUT2D eigenvalue weighted by Gasteiger charge is 2.50. The fourth-order valence-electron chi connectivity index (χ4n) is 16.1. The van der Waals surface area contributed by atoms with Crippen LogP contribution >= 0.6 is 11.6 Å². The Bertz CT molecular complexity index is 5390. The minimum Gasteiger partial charge on any atom is -0.458 e. The molecule has 96 heavy (non-hydrogen) atoms. The van der Waals surface area contributed by atoms with Crippen molar-refractivity contribution in [3.8, 4) is 34.5 Å². The third kappa shape index (κ3) is 8.33. The Kier molecular flexibility index (Phi) is 12.2. The zero-order chi connectivity index (χ0) is 63.1. The van der Waals surface area contributed by atoms with Gasteiger partial charge in [0.25, 0.3) is 20.1 Å². The van der Waals surface area contributed by atoms with Crippen LogP contribution in [0, 0.1) is 0 Å². The Labute approximate surface area is 562 Å². The Balaban J connectivity index is 0.850. The summed E-state index contributed by atoms with van der Waals surface area (Å²) in [6.45, 7) is -0.788. The van der Waals surface area contributed by atoms with E-state index in [-0.39, 0.29) is 20.1 Å². The largest absolute Gasteiger partial charge is 0.458 e. The van der Waals surface area contributed by atoms with Gasteiger partial charge in [0, 0.05) is 97.2 Å². The number of rotatable bonds is 9. The molecule has 14 aromatic carbocycles. The number of benzene rings is 14. The molecule has 6 aliphatic rings. The molecule has 0 saturated heterocycles. The van der Waals surface area contributed by atoms with E-state index in [1.165, 1.54) is 5.46 Å². The summed E-state index contributed by atoms with van der Waals surface area (Å²) in [7, 11) is 0. The maximum atomic E-state index is 7.54. The predicted molar refractivity (Wildman–Crippen MR) is 398 cm³/mol. The molecule has 0 atom stereocenters. The van der Waals surface area contributed by atoms with Gasteiger partial charge in [0.05, 0.1) is 11.4 Å². The number of hydrogen-bond donors (Lipinski definition) is 0. The fraction of sp³-hybridized carbons (Fsp3) is 0. The first-order valence-corrected chi connectivity index (χ1v) is 33.0. The molecular formula is C84H53B3ClN5O3. The summed E-state index contributed by atoms with van der Waals surface area (Å²) < 4.78 is 22.1. The van der Waals surface area contributed by atoms with Crippen molar-refractivity contribution in [3.63, 3.8) is 0 Å². The SMILES string of the molecule is Clc1cc2c3c(c1)N(c1ccccc1)c1cc4c(cc1B3c1cc3c(cc1O2)N(c1ccccc1)c1cc(N(c2ccccc2)c2ccccc2)cc2c1B3c1ccccc1O2)B1c2ccccc2Oc2cc(N(c3ccccc3)c3ccccc3)cc(c21)N4c1ccccc1. The standard InChI is InChI=1S/C84H53B3ClN5O3/c88-54-44-73-82-79(45-54)96-78-53-72-68(86-65-41-23-25-43-77(65)95-81-49-63(47-75(84(81)86)93(72)61-38-20-7-21-39-61)90(57-30-12-3-13-31-57)58-32-14-4-15-33-58)51-69(78)87(82)67-50-66-70(52-71(67)91(73)59-34-16-5-17-35-59)92(60-36-18-6-19-37-60)74-46-62(48-80-83(74)85(66)64-40-22-24-42-76(64)94-80)89(55-26-8-1-9-27-55)56-28-10-2-11-29-56/h1-53H. The summed E-state index contributed by atoms with van der Waals surface area (Å²) in [6, 6.07) is 115. The van der Waals surface area contributed by atoms with Crippen molar-refractivity contribution in [2.45, 2.75) is 0 Å². The molecule has 12 heteroatoms. The molecule has 0 spiro atoms. The van der Waals surface area contributed by atoms with Crippen molar-refractivity contribution in [1.29, 1.82) is 0 Å². The molecule has 448 valence electrons. The van der Waals surface area contributed by atoms with Crippen LogP contribution in [0.2, 0.25) is 5.02 Å². The minimum atomic E-state index is -0.329. The molecule has 0 aromatic heterocycles. The van der Waals surface area contributed by atoms with Crippen molar-refractivity contribution >= 4 is 166 Å². The molecule has 0 bridgehead atoms.